The van der Waals surface area contributed by atoms with Crippen molar-refractivity contribution in [2.45, 2.75) is 57.4 Å². The Balaban J connectivity index is 2.85. The number of unbranched alkanes of at least 4 members (excludes halogenated alkanes) is 1. The molecule has 0 aromatic heterocycles. The van der Waals surface area contributed by atoms with Gasteiger partial charge >= 0.3 is 0 Å². The molecule has 0 atom stereocenters. The molecule has 1 fully saturated rings. The number of nitriles is 1. The molecular weight excluding hydrogens is 236 g/mol. The summed E-state index contributed by atoms with van der Waals surface area (Å²) in [5, 5.41) is 9.34. The minimum absolute atomic E-state index is 0.156. The molecule has 98 valence electrons. The van der Waals surface area contributed by atoms with Crippen molar-refractivity contribution in [3.8, 4) is 6.07 Å². The first-order chi connectivity index (χ1) is 7.98. The lowest BCUT2D eigenvalue weighted by molar-refractivity contribution is 0.212. The van der Waals surface area contributed by atoms with E-state index >= 15 is 0 Å². The van der Waals surface area contributed by atoms with Crippen LogP contribution in [0.4, 0.5) is 0 Å². The highest BCUT2D eigenvalue weighted by molar-refractivity contribution is 7.89. The van der Waals surface area contributed by atoms with Gasteiger partial charge in [-0.15, -0.1) is 0 Å². The average Bonchev–Trinajstić information content (AvgIpc) is 2.36. The van der Waals surface area contributed by atoms with Crippen LogP contribution >= 0.6 is 0 Å². The van der Waals surface area contributed by atoms with Crippen molar-refractivity contribution in [2.24, 2.45) is 0 Å². The molecule has 0 radical (unpaired) electrons. The fraction of sp³-hybridized carbons (Fsp3) is 0.917. The summed E-state index contributed by atoms with van der Waals surface area (Å²) in [5.74, 6) is 0.156. The topological polar surface area (TPSA) is 61.2 Å². The summed E-state index contributed by atoms with van der Waals surface area (Å²) in [7, 11) is -1.71. The molecule has 0 N–H and O–H groups in total. The number of nitrogens with zero attached hydrogens (tertiary/aromatic N) is 2. The normalized spacial score (nSPS) is 20.1. The molecule has 1 saturated carbocycles. The van der Waals surface area contributed by atoms with Gasteiger partial charge in [0.05, 0.1) is 11.8 Å². The van der Waals surface area contributed by atoms with Gasteiger partial charge in [0.1, 0.15) is 5.54 Å². The standard InChI is InChI=1S/C12H22N2O2S/c1-3-4-10-17(15,16)14(2)12(11-13)8-6-5-7-9-12/h3-10H2,1-2H3. The lowest BCUT2D eigenvalue weighted by Crippen LogP contribution is -2.50. The lowest BCUT2D eigenvalue weighted by atomic mass is 9.83. The molecule has 5 heteroatoms. The Morgan fingerprint density at radius 3 is 2.35 bits per heavy atom. The van der Waals surface area contributed by atoms with Crippen molar-refractivity contribution < 1.29 is 8.42 Å². The van der Waals surface area contributed by atoms with Gasteiger partial charge in [0.2, 0.25) is 10.0 Å². The first-order valence-electron chi connectivity index (χ1n) is 6.36. The van der Waals surface area contributed by atoms with Crippen LogP contribution in [0.2, 0.25) is 0 Å². The molecule has 0 aromatic carbocycles. The highest BCUT2D eigenvalue weighted by Crippen LogP contribution is 2.34. The highest BCUT2D eigenvalue weighted by Gasteiger charge is 2.41. The van der Waals surface area contributed by atoms with E-state index in [1.54, 1.807) is 7.05 Å². The zero-order chi connectivity index (χ0) is 12.9. The SMILES string of the molecule is CCCCS(=O)(=O)N(C)C1(C#N)CCCCC1. The largest absolute Gasteiger partial charge is 0.215 e. The Bertz CT molecular complexity index is 378. The van der Waals surface area contributed by atoms with Crippen LogP contribution in [0.1, 0.15) is 51.9 Å². The van der Waals surface area contributed by atoms with Crippen molar-refractivity contribution in [3.05, 3.63) is 0 Å². The number of sulfonamides is 1. The molecule has 0 bridgehead atoms. The Morgan fingerprint density at radius 2 is 1.88 bits per heavy atom. The van der Waals surface area contributed by atoms with Crippen LogP contribution in [0.15, 0.2) is 0 Å². The predicted octanol–water partition coefficient (Wildman–Crippen LogP) is 2.27. The quantitative estimate of drug-likeness (QED) is 0.760. The van der Waals surface area contributed by atoms with Gasteiger partial charge in [-0.2, -0.15) is 9.57 Å². The summed E-state index contributed by atoms with van der Waals surface area (Å²) in [6, 6.07) is 2.25. The predicted molar refractivity (Wildman–Crippen MR) is 67.9 cm³/mol. The molecule has 1 aliphatic rings. The monoisotopic (exact) mass is 258 g/mol. The molecule has 0 amide bonds. The summed E-state index contributed by atoms with van der Waals surface area (Å²) in [4.78, 5) is 0. The summed E-state index contributed by atoms with van der Waals surface area (Å²) < 4.78 is 25.6. The van der Waals surface area contributed by atoms with E-state index in [0.717, 1.165) is 25.7 Å². The number of rotatable bonds is 5. The maximum atomic E-state index is 12.1. The van der Waals surface area contributed by atoms with Crippen molar-refractivity contribution in [3.63, 3.8) is 0 Å². The first-order valence-corrected chi connectivity index (χ1v) is 7.97. The van der Waals surface area contributed by atoms with E-state index in [2.05, 4.69) is 6.07 Å². The van der Waals surface area contributed by atoms with E-state index in [4.69, 9.17) is 0 Å². The van der Waals surface area contributed by atoms with Crippen LogP contribution in [-0.4, -0.2) is 31.1 Å². The van der Waals surface area contributed by atoms with Gasteiger partial charge in [0, 0.05) is 7.05 Å². The van der Waals surface area contributed by atoms with Crippen molar-refractivity contribution in [2.75, 3.05) is 12.8 Å². The first kappa shape index (κ1) is 14.5. The lowest BCUT2D eigenvalue weighted by Gasteiger charge is -2.38. The second-order valence-corrected chi connectivity index (χ2v) is 6.96. The average molecular weight is 258 g/mol. The Hall–Kier alpha value is -0.600. The van der Waals surface area contributed by atoms with Gasteiger partial charge in [-0.3, -0.25) is 0 Å². The van der Waals surface area contributed by atoms with E-state index < -0.39 is 15.6 Å². The zero-order valence-corrected chi connectivity index (χ0v) is 11.6. The third kappa shape index (κ3) is 3.20. The zero-order valence-electron chi connectivity index (χ0n) is 10.8. The van der Waals surface area contributed by atoms with Gasteiger partial charge in [0.25, 0.3) is 0 Å². The summed E-state index contributed by atoms with van der Waals surface area (Å²) in [6.07, 6.45) is 5.85. The number of hydrogen-bond donors (Lipinski definition) is 0. The fourth-order valence-corrected chi connectivity index (χ4v) is 4.05. The van der Waals surface area contributed by atoms with E-state index in [-0.39, 0.29) is 5.75 Å². The molecule has 0 aliphatic heterocycles. The van der Waals surface area contributed by atoms with Crippen LogP contribution in [0.5, 0.6) is 0 Å². The van der Waals surface area contributed by atoms with Crippen LogP contribution < -0.4 is 0 Å². The van der Waals surface area contributed by atoms with Crippen molar-refractivity contribution in [1.82, 2.24) is 4.31 Å². The Labute approximate surface area is 105 Å². The molecule has 0 spiro atoms. The summed E-state index contributed by atoms with van der Waals surface area (Å²) >= 11 is 0. The van der Waals surface area contributed by atoms with Gasteiger partial charge in [0.15, 0.2) is 0 Å². The third-order valence-corrected chi connectivity index (χ3v) is 5.65. The molecule has 0 saturated heterocycles. The van der Waals surface area contributed by atoms with Crippen LogP contribution in [0, 0.1) is 11.3 Å². The molecule has 4 nitrogen and oxygen atoms in total. The van der Waals surface area contributed by atoms with E-state index in [1.807, 2.05) is 6.92 Å². The second-order valence-electron chi connectivity index (χ2n) is 4.84. The minimum Gasteiger partial charge on any atom is -0.212 e. The highest BCUT2D eigenvalue weighted by atomic mass is 32.2. The van der Waals surface area contributed by atoms with Crippen LogP contribution in [0.3, 0.4) is 0 Å². The molecule has 1 rings (SSSR count). The molecule has 0 aromatic rings. The van der Waals surface area contributed by atoms with Crippen molar-refractivity contribution in [1.29, 1.82) is 5.26 Å². The number of hydrogen-bond acceptors (Lipinski definition) is 3. The molecule has 0 heterocycles. The van der Waals surface area contributed by atoms with E-state index in [0.29, 0.717) is 19.3 Å². The second kappa shape index (κ2) is 5.83. The van der Waals surface area contributed by atoms with Gasteiger partial charge in [-0.25, -0.2) is 8.42 Å². The summed E-state index contributed by atoms with van der Waals surface area (Å²) in [5.41, 5.74) is -0.787. The van der Waals surface area contributed by atoms with Crippen molar-refractivity contribution >= 4 is 10.0 Å². The van der Waals surface area contributed by atoms with Crippen LogP contribution in [-0.2, 0) is 10.0 Å². The molecule has 1 aliphatic carbocycles. The van der Waals surface area contributed by atoms with Gasteiger partial charge < -0.3 is 0 Å². The maximum absolute atomic E-state index is 12.1. The van der Waals surface area contributed by atoms with Gasteiger partial charge in [-0.05, 0) is 19.3 Å². The van der Waals surface area contributed by atoms with Crippen LogP contribution in [0.25, 0.3) is 0 Å². The van der Waals surface area contributed by atoms with Gasteiger partial charge in [-0.1, -0.05) is 32.6 Å². The third-order valence-electron chi connectivity index (χ3n) is 3.66. The van der Waals surface area contributed by atoms with E-state index in [1.165, 1.54) is 4.31 Å². The molecule has 0 unspecified atom stereocenters. The summed E-state index contributed by atoms with van der Waals surface area (Å²) in [6.45, 7) is 1.97. The molecular formula is C12H22N2O2S. The fourth-order valence-electron chi connectivity index (χ4n) is 2.36. The Morgan fingerprint density at radius 1 is 1.29 bits per heavy atom. The maximum Gasteiger partial charge on any atom is 0.215 e. The Kier molecular flexibility index (Phi) is 4.96. The molecule has 17 heavy (non-hydrogen) atoms. The minimum atomic E-state index is -3.28. The van der Waals surface area contributed by atoms with E-state index in [9.17, 15) is 13.7 Å². The smallest absolute Gasteiger partial charge is 0.212 e.